The fourth-order valence-electron chi connectivity index (χ4n) is 4.10. The molecule has 190 valence electrons. The summed E-state index contributed by atoms with van der Waals surface area (Å²) in [4.78, 5) is 26.1. The number of rotatable bonds is 11. The molecule has 0 radical (unpaired) electrons. The van der Waals surface area contributed by atoms with E-state index >= 15 is 0 Å². The van der Waals surface area contributed by atoms with E-state index in [9.17, 15) is 9.90 Å². The van der Waals surface area contributed by atoms with Gasteiger partial charge >= 0.3 is 0 Å². The van der Waals surface area contributed by atoms with Crippen molar-refractivity contribution < 1.29 is 9.90 Å². The van der Waals surface area contributed by atoms with E-state index in [-0.39, 0.29) is 24.6 Å². The Hall–Kier alpha value is -3.34. The molecule has 2 atom stereocenters. The van der Waals surface area contributed by atoms with Gasteiger partial charge in [-0.1, -0.05) is 19.9 Å². The standard InChI is InChI=1S/C26H33N7O2S/c1-5-32(6-2)18(4)14-27-26(35)19-12-22(30-24(13-19)29-17(3)16-34)20-15-28-33-10-9-21(31-25(20)33)23-8-7-11-36-23/h7-13,15,17-18,34H,5-6,14,16H2,1-4H3,(H,27,35)(H,29,30)/t17-,18-/m0/s1. The summed E-state index contributed by atoms with van der Waals surface area (Å²) in [5.74, 6) is 0.325. The molecule has 4 aromatic rings. The largest absolute Gasteiger partial charge is 0.394 e. The van der Waals surface area contributed by atoms with E-state index in [4.69, 9.17) is 9.97 Å². The second kappa shape index (κ2) is 11.6. The van der Waals surface area contributed by atoms with Crippen LogP contribution in [-0.2, 0) is 0 Å². The van der Waals surface area contributed by atoms with Crippen LogP contribution < -0.4 is 10.6 Å². The number of hydrogen-bond acceptors (Lipinski definition) is 8. The molecule has 4 heterocycles. The van der Waals surface area contributed by atoms with Crippen molar-refractivity contribution in [3.05, 3.63) is 53.7 Å². The van der Waals surface area contributed by atoms with Gasteiger partial charge in [-0.25, -0.2) is 14.5 Å². The zero-order valence-electron chi connectivity index (χ0n) is 21.1. The van der Waals surface area contributed by atoms with Gasteiger partial charge in [0.1, 0.15) is 5.82 Å². The number of aliphatic hydroxyl groups is 1. The molecule has 0 bridgehead atoms. The number of fused-ring (bicyclic) bond motifs is 1. The molecule has 0 aliphatic rings. The topological polar surface area (TPSA) is 108 Å². The number of anilines is 1. The van der Waals surface area contributed by atoms with Gasteiger partial charge in [-0.15, -0.1) is 11.3 Å². The Bertz CT molecular complexity index is 1300. The van der Waals surface area contributed by atoms with Gasteiger partial charge in [-0.05, 0) is 56.6 Å². The van der Waals surface area contributed by atoms with E-state index in [2.05, 4.69) is 41.4 Å². The number of thiophene rings is 1. The van der Waals surface area contributed by atoms with Crippen LogP contribution >= 0.6 is 11.3 Å². The minimum absolute atomic E-state index is 0.0583. The van der Waals surface area contributed by atoms with Crippen LogP contribution in [0, 0.1) is 0 Å². The second-order valence-electron chi connectivity index (χ2n) is 8.75. The zero-order valence-corrected chi connectivity index (χ0v) is 21.9. The third kappa shape index (κ3) is 5.72. The third-order valence-electron chi connectivity index (χ3n) is 6.17. The molecule has 0 aliphatic heterocycles. The first-order valence-electron chi connectivity index (χ1n) is 12.2. The average molecular weight is 508 g/mol. The quantitative estimate of drug-likeness (QED) is 0.284. The van der Waals surface area contributed by atoms with Gasteiger partial charge in [0.25, 0.3) is 5.91 Å². The molecule has 0 aliphatic carbocycles. The van der Waals surface area contributed by atoms with E-state index in [0.29, 0.717) is 29.3 Å². The number of nitrogens with zero attached hydrogens (tertiary/aromatic N) is 5. The molecule has 3 N–H and O–H groups in total. The number of nitrogens with one attached hydrogen (secondary N) is 2. The fraction of sp³-hybridized carbons (Fsp3) is 0.385. The summed E-state index contributed by atoms with van der Waals surface area (Å²) in [6, 6.07) is 9.43. The highest BCUT2D eigenvalue weighted by Gasteiger charge is 2.18. The second-order valence-corrected chi connectivity index (χ2v) is 9.70. The lowest BCUT2D eigenvalue weighted by Crippen LogP contribution is -2.42. The lowest BCUT2D eigenvalue weighted by Gasteiger charge is -2.26. The molecule has 0 saturated heterocycles. The molecule has 0 fully saturated rings. The fourth-order valence-corrected chi connectivity index (χ4v) is 4.80. The lowest BCUT2D eigenvalue weighted by molar-refractivity contribution is 0.0938. The number of carbonyl (C=O) groups is 1. The predicted octanol–water partition coefficient (Wildman–Crippen LogP) is 3.77. The Balaban J connectivity index is 1.69. The summed E-state index contributed by atoms with van der Waals surface area (Å²) >= 11 is 1.62. The SMILES string of the molecule is CCN(CC)[C@@H](C)CNC(=O)c1cc(N[C@@H](C)CO)nc(-c2cnn3ccc(-c4cccs4)nc23)c1. The molecular formula is C26H33N7O2S. The monoisotopic (exact) mass is 507 g/mol. The number of aromatic nitrogens is 4. The van der Waals surface area contributed by atoms with Crippen LogP contribution in [0.4, 0.5) is 5.82 Å². The molecule has 0 unspecified atom stereocenters. The number of hydrogen-bond donors (Lipinski definition) is 3. The van der Waals surface area contributed by atoms with Gasteiger partial charge in [-0.2, -0.15) is 5.10 Å². The minimum atomic E-state index is -0.223. The Labute approximate surface area is 215 Å². The maximum Gasteiger partial charge on any atom is 0.251 e. The molecule has 0 saturated carbocycles. The van der Waals surface area contributed by atoms with Crippen molar-refractivity contribution in [3.8, 4) is 21.8 Å². The van der Waals surface area contributed by atoms with Crippen LogP contribution in [0.2, 0.25) is 0 Å². The van der Waals surface area contributed by atoms with E-state index in [0.717, 1.165) is 29.2 Å². The number of pyridine rings is 1. The molecular weight excluding hydrogens is 474 g/mol. The number of likely N-dealkylation sites (N-methyl/N-ethyl adjacent to an activating group) is 1. The van der Waals surface area contributed by atoms with Crippen molar-refractivity contribution in [2.45, 2.75) is 39.8 Å². The van der Waals surface area contributed by atoms with E-state index in [1.807, 2.05) is 36.7 Å². The molecule has 36 heavy (non-hydrogen) atoms. The molecule has 1 amide bonds. The van der Waals surface area contributed by atoms with Crippen molar-refractivity contribution in [1.29, 1.82) is 0 Å². The Kier molecular flexibility index (Phi) is 8.29. The Morgan fingerprint density at radius 3 is 2.67 bits per heavy atom. The average Bonchev–Trinajstić information content (AvgIpc) is 3.57. The first kappa shape index (κ1) is 25.7. The molecule has 4 rings (SSSR count). The highest BCUT2D eigenvalue weighted by atomic mass is 32.1. The maximum atomic E-state index is 13.2. The van der Waals surface area contributed by atoms with Crippen molar-refractivity contribution in [1.82, 2.24) is 29.8 Å². The van der Waals surface area contributed by atoms with Crippen molar-refractivity contribution >= 4 is 28.7 Å². The highest BCUT2D eigenvalue weighted by molar-refractivity contribution is 7.13. The van der Waals surface area contributed by atoms with Crippen LogP contribution in [0.5, 0.6) is 0 Å². The van der Waals surface area contributed by atoms with Gasteiger partial charge < -0.3 is 15.7 Å². The van der Waals surface area contributed by atoms with Gasteiger partial charge in [0.15, 0.2) is 5.65 Å². The van der Waals surface area contributed by atoms with Crippen LogP contribution in [0.25, 0.3) is 27.5 Å². The first-order valence-corrected chi connectivity index (χ1v) is 13.1. The summed E-state index contributed by atoms with van der Waals surface area (Å²) in [6.07, 6.45) is 3.59. The van der Waals surface area contributed by atoms with E-state index < -0.39 is 0 Å². The van der Waals surface area contributed by atoms with E-state index in [1.165, 1.54) is 0 Å². The summed E-state index contributed by atoms with van der Waals surface area (Å²) in [7, 11) is 0. The summed E-state index contributed by atoms with van der Waals surface area (Å²) in [6.45, 7) is 10.5. The van der Waals surface area contributed by atoms with Gasteiger partial charge in [0.2, 0.25) is 0 Å². The molecule has 0 spiro atoms. The Morgan fingerprint density at radius 1 is 1.17 bits per heavy atom. The zero-order chi connectivity index (χ0) is 25.7. The van der Waals surface area contributed by atoms with Crippen molar-refractivity contribution in [3.63, 3.8) is 0 Å². The smallest absolute Gasteiger partial charge is 0.251 e. The van der Waals surface area contributed by atoms with E-state index in [1.54, 1.807) is 34.2 Å². The summed E-state index contributed by atoms with van der Waals surface area (Å²) in [5.41, 5.74) is 3.29. The maximum absolute atomic E-state index is 13.2. The molecule has 0 aromatic carbocycles. The van der Waals surface area contributed by atoms with Crippen molar-refractivity contribution in [2.24, 2.45) is 0 Å². The van der Waals surface area contributed by atoms with Crippen LogP contribution in [0.1, 0.15) is 38.1 Å². The first-order chi connectivity index (χ1) is 17.4. The molecule has 4 aromatic heterocycles. The lowest BCUT2D eigenvalue weighted by atomic mass is 10.1. The van der Waals surface area contributed by atoms with Crippen LogP contribution in [0.3, 0.4) is 0 Å². The Morgan fingerprint density at radius 2 is 1.97 bits per heavy atom. The third-order valence-corrected chi connectivity index (χ3v) is 7.06. The normalized spacial score (nSPS) is 13.2. The van der Waals surface area contributed by atoms with Crippen LogP contribution in [0.15, 0.2) is 48.1 Å². The molecule has 9 nitrogen and oxygen atoms in total. The minimum Gasteiger partial charge on any atom is -0.394 e. The summed E-state index contributed by atoms with van der Waals surface area (Å²) < 4.78 is 1.70. The van der Waals surface area contributed by atoms with Gasteiger partial charge in [-0.3, -0.25) is 9.69 Å². The van der Waals surface area contributed by atoms with Gasteiger partial charge in [0.05, 0.1) is 34.6 Å². The van der Waals surface area contributed by atoms with Crippen molar-refractivity contribution in [2.75, 3.05) is 31.6 Å². The molecule has 10 heteroatoms. The highest BCUT2D eigenvalue weighted by Crippen LogP contribution is 2.28. The number of amides is 1. The number of aliphatic hydroxyl groups excluding tert-OH is 1. The van der Waals surface area contributed by atoms with Gasteiger partial charge in [0, 0.05) is 30.4 Å². The summed E-state index contributed by atoms with van der Waals surface area (Å²) in [5, 5.41) is 22.2. The van der Waals surface area contributed by atoms with Crippen LogP contribution in [-0.4, -0.2) is 73.8 Å². The predicted molar refractivity (Wildman–Crippen MR) is 144 cm³/mol. The number of carbonyl (C=O) groups excluding carboxylic acids is 1.